The first kappa shape index (κ1) is 11.1. The molecule has 0 bridgehead atoms. The van der Waals surface area contributed by atoms with Gasteiger partial charge in [-0.1, -0.05) is 0 Å². The van der Waals surface area contributed by atoms with Crippen molar-refractivity contribution >= 4 is 0 Å². The number of hydrogen-bond acceptors (Lipinski definition) is 4. The highest BCUT2D eigenvalue weighted by Gasteiger charge is 2.31. The second kappa shape index (κ2) is 5.10. The summed E-state index contributed by atoms with van der Waals surface area (Å²) in [5.74, 6) is 0. The fraction of sp³-hybridized carbons (Fsp3) is 0.692. The Bertz CT molecular complexity index is 342. The summed E-state index contributed by atoms with van der Waals surface area (Å²) in [5, 5.41) is 3.59. The minimum atomic E-state index is 0.659. The maximum absolute atomic E-state index is 4.28. The molecule has 92 valence electrons. The van der Waals surface area contributed by atoms with Gasteiger partial charge in [0.05, 0.1) is 5.69 Å². The van der Waals surface area contributed by atoms with E-state index in [9.17, 15) is 0 Å². The van der Waals surface area contributed by atoms with Crippen molar-refractivity contribution in [3.05, 3.63) is 24.3 Å². The molecular formula is C13H20N4. The Balaban J connectivity index is 1.41. The summed E-state index contributed by atoms with van der Waals surface area (Å²) in [6.07, 6.45) is 10.7. The van der Waals surface area contributed by atoms with Crippen molar-refractivity contribution in [1.82, 2.24) is 20.2 Å². The van der Waals surface area contributed by atoms with Crippen molar-refractivity contribution in [2.45, 2.75) is 44.3 Å². The van der Waals surface area contributed by atoms with E-state index in [4.69, 9.17) is 0 Å². The zero-order valence-corrected chi connectivity index (χ0v) is 10.2. The smallest absolute Gasteiger partial charge is 0.0724 e. The summed E-state index contributed by atoms with van der Waals surface area (Å²) in [6, 6.07) is 1.59. The molecule has 2 heterocycles. The van der Waals surface area contributed by atoms with Gasteiger partial charge in [-0.2, -0.15) is 0 Å². The average Bonchev–Trinajstić information content (AvgIpc) is 3.23. The van der Waals surface area contributed by atoms with Gasteiger partial charge in [-0.05, 0) is 38.8 Å². The quantitative estimate of drug-likeness (QED) is 0.846. The lowest BCUT2D eigenvalue weighted by molar-refractivity contribution is 0.189. The summed E-state index contributed by atoms with van der Waals surface area (Å²) in [7, 11) is 0. The van der Waals surface area contributed by atoms with E-state index in [1.165, 1.54) is 38.8 Å². The Morgan fingerprint density at radius 3 is 2.65 bits per heavy atom. The van der Waals surface area contributed by atoms with E-state index < -0.39 is 0 Å². The Labute approximate surface area is 102 Å². The maximum Gasteiger partial charge on any atom is 0.0724 e. The van der Waals surface area contributed by atoms with Gasteiger partial charge in [-0.3, -0.25) is 9.97 Å². The second-order valence-corrected chi connectivity index (χ2v) is 5.12. The van der Waals surface area contributed by atoms with Crippen LogP contribution in [0.25, 0.3) is 0 Å². The molecule has 1 saturated carbocycles. The fourth-order valence-electron chi connectivity index (χ4n) is 2.58. The average molecular weight is 232 g/mol. The number of hydrogen-bond donors (Lipinski definition) is 1. The van der Waals surface area contributed by atoms with Crippen molar-refractivity contribution in [1.29, 1.82) is 0 Å². The van der Waals surface area contributed by atoms with E-state index in [-0.39, 0.29) is 0 Å². The predicted molar refractivity (Wildman–Crippen MR) is 66.5 cm³/mol. The Morgan fingerprint density at radius 2 is 2.00 bits per heavy atom. The van der Waals surface area contributed by atoms with Crippen LogP contribution in [0.1, 0.15) is 31.4 Å². The molecule has 17 heavy (non-hydrogen) atoms. The largest absolute Gasteiger partial charge is 0.308 e. The molecule has 3 rings (SSSR count). The first-order valence-electron chi connectivity index (χ1n) is 6.64. The minimum absolute atomic E-state index is 0.659. The molecule has 0 aromatic carbocycles. The predicted octanol–water partition coefficient (Wildman–Crippen LogP) is 1.19. The molecule has 4 heteroatoms. The summed E-state index contributed by atoms with van der Waals surface area (Å²) in [5.41, 5.74) is 1.04. The van der Waals surface area contributed by atoms with Crippen LogP contribution in [0.4, 0.5) is 0 Å². The number of likely N-dealkylation sites (tertiary alicyclic amines) is 1. The van der Waals surface area contributed by atoms with Crippen molar-refractivity contribution in [2.24, 2.45) is 0 Å². The second-order valence-electron chi connectivity index (χ2n) is 5.12. The van der Waals surface area contributed by atoms with Crippen LogP contribution >= 0.6 is 0 Å². The third-order valence-corrected chi connectivity index (χ3v) is 3.78. The molecule has 1 saturated heterocycles. The number of piperidine rings is 1. The summed E-state index contributed by atoms with van der Waals surface area (Å²) in [4.78, 5) is 11.0. The lowest BCUT2D eigenvalue weighted by atomic mass is 10.0. The highest BCUT2D eigenvalue weighted by molar-refractivity contribution is 4.95. The van der Waals surface area contributed by atoms with Crippen LogP contribution in [0.15, 0.2) is 18.6 Å². The van der Waals surface area contributed by atoms with E-state index in [1.807, 2.05) is 6.20 Å². The van der Waals surface area contributed by atoms with Gasteiger partial charge < -0.3 is 10.2 Å². The van der Waals surface area contributed by atoms with E-state index in [1.54, 1.807) is 12.4 Å². The summed E-state index contributed by atoms with van der Waals surface area (Å²) < 4.78 is 0. The molecule has 1 aliphatic heterocycles. The van der Waals surface area contributed by atoms with Gasteiger partial charge in [0.1, 0.15) is 0 Å². The molecule has 0 spiro atoms. The zero-order valence-electron chi connectivity index (χ0n) is 10.2. The highest BCUT2D eigenvalue weighted by atomic mass is 15.2. The van der Waals surface area contributed by atoms with E-state index in [0.29, 0.717) is 6.04 Å². The van der Waals surface area contributed by atoms with Crippen LogP contribution in [-0.4, -0.2) is 40.0 Å². The molecule has 2 aliphatic rings. The fourth-order valence-corrected chi connectivity index (χ4v) is 2.58. The van der Waals surface area contributed by atoms with Gasteiger partial charge in [-0.25, -0.2) is 0 Å². The van der Waals surface area contributed by atoms with E-state index >= 15 is 0 Å². The molecule has 1 aromatic rings. The molecule has 2 fully saturated rings. The van der Waals surface area contributed by atoms with Crippen LogP contribution in [-0.2, 0) is 6.54 Å². The normalized spacial score (nSPS) is 22.8. The Hall–Kier alpha value is -1.00. The molecule has 0 amide bonds. The van der Waals surface area contributed by atoms with Gasteiger partial charge in [0.15, 0.2) is 0 Å². The first-order valence-corrected chi connectivity index (χ1v) is 6.64. The standard InChI is InChI=1S/C13H20N4/c1-2-13(1)17-7-3-11(4-8-17)16-10-12-9-14-5-6-15-12/h5-6,9,11,13,16H,1-4,7-8,10H2. The third-order valence-electron chi connectivity index (χ3n) is 3.78. The van der Waals surface area contributed by atoms with Crippen LogP contribution in [0.3, 0.4) is 0 Å². The van der Waals surface area contributed by atoms with Gasteiger partial charge >= 0.3 is 0 Å². The minimum Gasteiger partial charge on any atom is -0.308 e. The number of nitrogens with zero attached hydrogens (tertiary/aromatic N) is 3. The lowest BCUT2D eigenvalue weighted by Gasteiger charge is -2.32. The summed E-state index contributed by atoms with van der Waals surface area (Å²) in [6.45, 7) is 3.38. The molecular weight excluding hydrogens is 212 g/mol. The third kappa shape index (κ3) is 3.01. The van der Waals surface area contributed by atoms with Crippen LogP contribution in [0.5, 0.6) is 0 Å². The van der Waals surface area contributed by atoms with Gasteiger partial charge in [0, 0.05) is 37.2 Å². The van der Waals surface area contributed by atoms with Crippen LogP contribution in [0, 0.1) is 0 Å². The Morgan fingerprint density at radius 1 is 1.18 bits per heavy atom. The highest BCUT2D eigenvalue weighted by Crippen LogP contribution is 2.29. The van der Waals surface area contributed by atoms with E-state index in [0.717, 1.165) is 18.3 Å². The van der Waals surface area contributed by atoms with Crippen LogP contribution < -0.4 is 5.32 Å². The molecule has 4 nitrogen and oxygen atoms in total. The van der Waals surface area contributed by atoms with Gasteiger partial charge in [0.2, 0.25) is 0 Å². The number of rotatable bonds is 4. The van der Waals surface area contributed by atoms with Crippen LogP contribution in [0.2, 0.25) is 0 Å². The SMILES string of the molecule is c1cnc(CNC2CCN(C3CC3)CC2)cn1. The molecule has 0 radical (unpaired) electrons. The van der Waals surface area contributed by atoms with Crippen molar-refractivity contribution in [2.75, 3.05) is 13.1 Å². The van der Waals surface area contributed by atoms with Crippen molar-refractivity contribution in [3.63, 3.8) is 0 Å². The van der Waals surface area contributed by atoms with E-state index in [2.05, 4.69) is 20.2 Å². The Kier molecular flexibility index (Phi) is 3.34. The first-order chi connectivity index (χ1) is 8.42. The maximum atomic E-state index is 4.28. The number of aromatic nitrogens is 2. The molecule has 1 N–H and O–H groups in total. The summed E-state index contributed by atoms with van der Waals surface area (Å²) >= 11 is 0. The van der Waals surface area contributed by atoms with Gasteiger partial charge in [0.25, 0.3) is 0 Å². The van der Waals surface area contributed by atoms with Crippen molar-refractivity contribution < 1.29 is 0 Å². The molecule has 1 aromatic heterocycles. The lowest BCUT2D eigenvalue weighted by Crippen LogP contribution is -2.43. The molecule has 0 atom stereocenters. The monoisotopic (exact) mass is 232 g/mol. The molecule has 0 unspecified atom stereocenters. The topological polar surface area (TPSA) is 41.1 Å². The molecule has 1 aliphatic carbocycles. The van der Waals surface area contributed by atoms with Gasteiger partial charge in [-0.15, -0.1) is 0 Å². The zero-order chi connectivity index (χ0) is 11.5. The van der Waals surface area contributed by atoms with Crippen molar-refractivity contribution in [3.8, 4) is 0 Å². The number of nitrogens with one attached hydrogen (secondary N) is 1.